The van der Waals surface area contributed by atoms with Crippen LogP contribution in [0.4, 0.5) is 5.69 Å². The van der Waals surface area contributed by atoms with Crippen molar-refractivity contribution in [1.29, 1.82) is 0 Å². The molecule has 1 aromatic rings. The van der Waals surface area contributed by atoms with Crippen molar-refractivity contribution in [3.05, 3.63) is 52.2 Å². The molecule has 1 saturated heterocycles. The molecule has 0 aromatic heterocycles. The summed E-state index contributed by atoms with van der Waals surface area (Å²) in [6.45, 7) is 4.52. The summed E-state index contributed by atoms with van der Waals surface area (Å²) in [6, 6.07) is 4.14. The molecule has 0 spiro atoms. The van der Waals surface area contributed by atoms with Gasteiger partial charge in [0.05, 0.1) is 4.92 Å². The quantitative estimate of drug-likeness (QED) is 0.488. The highest BCUT2D eigenvalue weighted by Gasteiger charge is 2.39. The molecule has 0 aliphatic carbocycles. The zero-order chi connectivity index (χ0) is 15.7. The van der Waals surface area contributed by atoms with Gasteiger partial charge in [0, 0.05) is 19.1 Å². The van der Waals surface area contributed by atoms with Crippen molar-refractivity contribution in [1.82, 2.24) is 10.2 Å². The summed E-state index contributed by atoms with van der Waals surface area (Å²) >= 11 is 0. The zero-order valence-electron chi connectivity index (χ0n) is 11.0. The molecule has 0 bridgehead atoms. The van der Waals surface area contributed by atoms with Gasteiger partial charge in [-0.05, 0) is 5.56 Å². The van der Waals surface area contributed by atoms with E-state index in [2.05, 4.69) is 11.9 Å². The van der Waals surface area contributed by atoms with Gasteiger partial charge in [0.2, 0.25) is 5.91 Å². The van der Waals surface area contributed by atoms with E-state index in [1.807, 2.05) is 0 Å². The van der Waals surface area contributed by atoms with Crippen molar-refractivity contribution >= 4 is 23.4 Å². The van der Waals surface area contributed by atoms with Crippen LogP contribution in [0.5, 0.6) is 0 Å². The first-order valence-corrected chi connectivity index (χ1v) is 5.91. The van der Waals surface area contributed by atoms with Gasteiger partial charge < -0.3 is 5.32 Å². The van der Waals surface area contributed by atoms with Gasteiger partial charge in [0.25, 0.3) is 17.5 Å². The molecule has 1 aliphatic heterocycles. The van der Waals surface area contributed by atoms with Crippen LogP contribution < -0.4 is 5.32 Å². The zero-order valence-corrected chi connectivity index (χ0v) is 11.0. The van der Waals surface area contributed by atoms with E-state index in [4.69, 9.17) is 0 Å². The van der Waals surface area contributed by atoms with Crippen molar-refractivity contribution in [2.45, 2.75) is 13.0 Å². The van der Waals surface area contributed by atoms with Crippen molar-refractivity contribution < 1.29 is 19.3 Å². The first-order chi connectivity index (χ1) is 9.82. The van der Waals surface area contributed by atoms with Gasteiger partial charge in [-0.2, -0.15) is 0 Å². The summed E-state index contributed by atoms with van der Waals surface area (Å²) in [5.41, 5.74) is -0.260. The average molecular weight is 289 g/mol. The number of piperazine rings is 1. The predicted molar refractivity (Wildman–Crippen MR) is 70.6 cm³/mol. The van der Waals surface area contributed by atoms with Crippen LogP contribution >= 0.6 is 0 Å². The number of carbonyl (C=O) groups is 3. The summed E-state index contributed by atoms with van der Waals surface area (Å²) < 4.78 is 0. The van der Waals surface area contributed by atoms with Crippen LogP contribution in [0.1, 0.15) is 18.5 Å². The van der Waals surface area contributed by atoms with E-state index in [1.54, 1.807) is 0 Å². The highest BCUT2D eigenvalue weighted by Crippen LogP contribution is 2.25. The molecule has 1 fully saturated rings. The number of nitro benzene ring substituents is 1. The molecule has 8 heteroatoms. The standard InChI is InChI=1S/C13H11N3O5/c1-7-12(18)14-11(13(19)15(7)8(2)17)9-4-3-5-10(6-9)16(20)21/h3-6,11H,1H2,2H3,(H,14,18). The highest BCUT2D eigenvalue weighted by molar-refractivity contribution is 6.11. The molecule has 1 aromatic carbocycles. The number of amides is 3. The summed E-state index contributed by atoms with van der Waals surface area (Å²) in [4.78, 5) is 46.3. The number of carbonyl (C=O) groups excluding carboxylic acids is 3. The minimum absolute atomic E-state index is 0.215. The molecule has 3 amide bonds. The number of rotatable bonds is 2. The third-order valence-electron chi connectivity index (χ3n) is 3.00. The fourth-order valence-electron chi connectivity index (χ4n) is 2.03. The molecule has 1 atom stereocenters. The molecule has 0 radical (unpaired) electrons. The second-order valence-corrected chi connectivity index (χ2v) is 4.40. The van der Waals surface area contributed by atoms with Crippen LogP contribution in [0.15, 0.2) is 36.5 Å². The van der Waals surface area contributed by atoms with E-state index >= 15 is 0 Å². The van der Waals surface area contributed by atoms with E-state index in [9.17, 15) is 24.5 Å². The van der Waals surface area contributed by atoms with Crippen LogP contribution in [0, 0.1) is 10.1 Å². The van der Waals surface area contributed by atoms with Crippen molar-refractivity contribution in [3.8, 4) is 0 Å². The molecule has 1 heterocycles. The first kappa shape index (κ1) is 14.4. The number of non-ortho nitro benzene ring substituents is 1. The lowest BCUT2D eigenvalue weighted by Gasteiger charge is -2.31. The van der Waals surface area contributed by atoms with E-state index in [0.29, 0.717) is 4.90 Å². The first-order valence-electron chi connectivity index (χ1n) is 5.91. The molecular weight excluding hydrogens is 278 g/mol. The molecule has 1 N–H and O–H groups in total. The molecule has 21 heavy (non-hydrogen) atoms. The minimum Gasteiger partial charge on any atom is -0.335 e. The maximum Gasteiger partial charge on any atom is 0.269 e. The summed E-state index contributed by atoms with van der Waals surface area (Å²) in [5, 5.41) is 13.1. The van der Waals surface area contributed by atoms with Crippen LogP contribution in [-0.4, -0.2) is 27.5 Å². The number of hydrogen-bond donors (Lipinski definition) is 1. The van der Waals surface area contributed by atoms with Gasteiger partial charge >= 0.3 is 0 Å². The van der Waals surface area contributed by atoms with Crippen molar-refractivity contribution in [3.63, 3.8) is 0 Å². The molecule has 108 valence electrons. The Kier molecular flexibility index (Phi) is 3.53. The SMILES string of the molecule is C=C1C(=O)NC(c2cccc([N+](=O)[O-])c2)C(=O)N1C(C)=O. The number of nitrogens with one attached hydrogen (secondary N) is 1. The number of nitrogens with zero attached hydrogens (tertiary/aromatic N) is 2. The second kappa shape index (κ2) is 5.16. The minimum atomic E-state index is -1.16. The Morgan fingerprint density at radius 1 is 1.43 bits per heavy atom. The maximum atomic E-state index is 12.3. The Labute approximate surface area is 119 Å². The van der Waals surface area contributed by atoms with Gasteiger partial charge in [-0.1, -0.05) is 18.7 Å². The second-order valence-electron chi connectivity index (χ2n) is 4.40. The van der Waals surface area contributed by atoms with E-state index in [0.717, 1.165) is 6.92 Å². The van der Waals surface area contributed by atoms with Gasteiger partial charge in [-0.3, -0.25) is 24.5 Å². The number of hydrogen-bond acceptors (Lipinski definition) is 5. The van der Waals surface area contributed by atoms with Crippen molar-refractivity contribution in [2.24, 2.45) is 0 Å². The van der Waals surface area contributed by atoms with E-state index in [-0.39, 0.29) is 16.9 Å². The third-order valence-corrected chi connectivity index (χ3v) is 3.00. The smallest absolute Gasteiger partial charge is 0.269 e. The summed E-state index contributed by atoms with van der Waals surface area (Å²) in [6.07, 6.45) is 0. The number of benzene rings is 1. The Hall–Kier alpha value is -3.03. The van der Waals surface area contributed by atoms with Gasteiger partial charge in [0.1, 0.15) is 11.7 Å². The molecular formula is C13H11N3O5. The Balaban J connectivity index is 2.44. The Morgan fingerprint density at radius 3 is 2.67 bits per heavy atom. The Bertz CT molecular complexity index is 682. The van der Waals surface area contributed by atoms with Gasteiger partial charge in [-0.15, -0.1) is 0 Å². The molecule has 8 nitrogen and oxygen atoms in total. The summed E-state index contributed by atoms with van der Waals surface area (Å²) in [5.74, 6) is -2.02. The largest absolute Gasteiger partial charge is 0.335 e. The average Bonchev–Trinajstić information content (AvgIpc) is 2.42. The van der Waals surface area contributed by atoms with Crippen LogP contribution in [0.25, 0.3) is 0 Å². The topological polar surface area (TPSA) is 110 Å². The fourth-order valence-corrected chi connectivity index (χ4v) is 2.03. The third kappa shape index (κ3) is 2.50. The van der Waals surface area contributed by atoms with Crippen LogP contribution in [0.2, 0.25) is 0 Å². The summed E-state index contributed by atoms with van der Waals surface area (Å²) in [7, 11) is 0. The lowest BCUT2D eigenvalue weighted by molar-refractivity contribution is -0.384. The maximum absolute atomic E-state index is 12.3. The normalized spacial score (nSPS) is 18.4. The van der Waals surface area contributed by atoms with E-state index in [1.165, 1.54) is 24.3 Å². The molecule has 1 unspecified atom stereocenters. The molecule has 1 aliphatic rings. The van der Waals surface area contributed by atoms with Crippen LogP contribution in [0.3, 0.4) is 0 Å². The van der Waals surface area contributed by atoms with Crippen LogP contribution in [-0.2, 0) is 14.4 Å². The predicted octanol–water partition coefficient (Wildman–Crippen LogP) is 0.654. The number of imide groups is 1. The lowest BCUT2D eigenvalue weighted by atomic mass is 10.0. The van der Waals surface area contributed by atoms with Gasteiger partial charge in [0.15, 0.2) is 0 Å². The van der Waals surface area contributed by atoms with Crippen molar-refractivity contribution in [2.75, 3.05) is 0 Å². The lowest BCUT2D eigenvalue weighted by Crippen LogP contribution is -2.53. The van der Waals surface area contributed by atoms with Gasteiger partial charge in [-0.25, -0.2) is 4.90 Å². The fraction of sp³-hybridized carbons (Fsp3) is 0.154. The Morgan fingerprint density at radius 2 is 2.10 bits per heavy atom. The molecule has 2 rings (SSSR count). The van der Waals surface area contributed by atoms with E-state index < -0.39 is 28.7 Å². The molecule has 0 saturated carbocycles. The monoisotopic (exact) mass is 289 g/mol. The number of nitro groups is 1. The highest BCUT2D eigenvalue weighted by atomic mass is 16.6.